The first-order valence-electron chi connectivity index (χ1n) is 22.2. The van der Waals surface area contributed by atoms with Crippen molar-refractivity contribution >= 4 is 49.7 Å². The molecule has 0 N–H and O–H groups in total. The van der Waals surface area contributed by atoms with Gasteiger partial charge in [0.2, 0.25) is 0 Å². The second-order valence-corrected chi connectivity index (χ2v) is 16.8. The molecule has 1 aliphatic rings. The lowest BCUT2D eigenvalue weighted by Gasteiger charge is -2.35. The molecule has 0 bridgehead atoms. The number of allylic oxidation sites excluding steroid dienone is 5. The predicted octanol–water partition coefficient (Wildman–Crippen LogP) is 16.1. The highest BCUT2D eigenvalue weighted by Crippen LogP contribution is 2.56. The van der Waals surface area contributed by atoms with E-state index in [0.29, 0.717) is 0 Å². The van der Waals surface area contributed by atoms with Crippen molar-refractivity contribution in [1.29, 1.82) is 0 Å². The highest BCUT2D eigenvalue weighted by atomic mass is 15.0. The Morgan fingerprint density at radius 2 is 0.797 bits per heavy atom. The maximum Gasteiger partial charge on any atom is 0.0713 e. The van der Waals surface area contributed by atoms with Crippen LogP contribution in [0, 0.1) is 0 Å². The number of para-hydroxylation sites is 4. The lowest BCUT2D eigenvalue weighted by atomic mass is 9.66. The average molecular weight is 817 g/mol. The van der Waals surface area contributed by atoms with Crippen molar-refractivity contribution in [2.75, 3.05) is 0 Å². The third kappa shape index (κ3) is 5.80. The van der Waals surface area contributed by atoms with Gasteiger partial charge in [-0.2, -0.15) is 0 Å². The molecule has 2 aromatic heterocycles. The molecule has 0 unspecified atom stereocenters. The number of hydrogen-bond donors (Lipinski definition) is 0. The lowest BCUT2D eigenvalue weighted by Crippen LogP contribution is -2.29. The minimum Gasteiger partial charge on any atom is -0.309 e. The average Bonchev–Trinajstić information content (AvgIpc) is 3.99. The zero-order chi connectivity index (χ0) is 42.6. The van der Waals surface area contributed by atoms with E-state index in [2.05, 4.69) is 265 Å². The second-order valence-electron chi connectivity index (χ2n) is 16.8. The topological polar surface area (TPSA) is 9.86 Å². The Bertz CT molecular complexity index is 3490. The van der Waals surface area contributed by atoms with Gasteiger partial charge in [0.1, 0.15) is 0 Å². The van der Waals surface area contributed by atoms with Crippen LogP contribution in [-0.4, -0.2) is 9.13 Å². The van der Waals surface area contributed by atoms with Gasteiger partial charge in [0, 0.05) is 32.9 Å². The van der Waals surface area contributed by atoms with Gasteiger partial charge in [-0.15, -0.1) is 0 Å². The van der Waals surface area contributed by atoms with Crippen LogP contribution in [0.3, 0.4) is 0 Å². The van der Waals surface area contributed by atoms with Crippen molar-refractivity contribution in [2.24, 2.45) is 0 Å². The fourth-order valence-corrected chi connectivity index (χ4v) is 10.6. The molecule has 0 atom stereocenters. The molecule has 0 saturated heterocycles. The number of benzene rings is 9. The molecular weight excluding hydrogens is 773 g/mol. The van der Waals surface area contributed by atoms with Crippen LogP contribution in [0.4, 0.5) is 0 Å². The van der Waals surface area contributed by atoms with Crippen molar-refractivity contribution in [2.45, 2.75) is 12.3 Å². The Morgan fingerprint density at radius 1 is 0.406 bits per heavy atom. The summed E-state index contributed by atoms with van der Waals surface area (Å²) in [5.74, 6) is 0. The summed E-state index contributed by atoms with van der Waals surface area (Å²) in [7, 11) is 0. The highest BCUT2D eigenvalue weighted by Gasteiger charge is 2.46. The van der Waals surface area contributed by atoms with Crippen LogP contribution in [0.15, 0.2) is 248 Å². The van der Waals surface area contributed by atoms with Crippen molar-refractivity contribution < 1.29 is 0 Å². The summed E-state index contributed by atoms with van der Waals surface area (Å²) in [6.45, 7) is 2.12. The Kier molecular flexibility index (Phi) is 8.98. The summed E-state index contributed by atoms with van der Waals surface area (Å²) < 4.78 is 4.75. The van der Waals surface area contributed by atoms with Gasteiger partial charge in [-0.05, 0) is 106 Å². The molecule has 1 aliphatic carbocycles. The molecule has 302 valence electrons. The van der Waals surface area contributed by atoms with Gasteiger partial charge in [-0.1, -0.05) is 200 Å². The Labute approximate surface area is 373 Å². The molecule has 2 heteroatoms. The molecule has 2 heterocycles. The van der Waals surface area contributed by atoms with Crippen LogP contribution in [0.5, 0.6) is 0 Å². The van der Waals surface area contributed by atoms with Gasteiger partial charge in [-0.3, -0.25) is 0 Å². The first kappa shape index (κ1) is 37.6. The van der Waals surface area contributed by atoms with Crippen LogP contribution in [0.2, 0.25) is 0 Å². The SMILES string of the molecule is C\C=C/C(=C\C=C\c1ccc(-n2c3ccccc3c3ccccc32)cc1)C1(c2ccc(-c3ccc(-n4c5ccccc5c5ccccc54)cc3)cc2)c2ccccc2-c2ccccc21. The lowest BCUT2D eigenvalue weighted by molar-refractivity contribution is 0.767. The van der Waals surface area contributed by atoms with Gasteiger partial charge < -0.3 is 9.13 Å². The first-order valence-corrected chi connectivity index (χ1v) is 22.2. The van der Waals surface area contributed by atoms with Crippen LogP contribution in [-0.2, 0) is 5.41 Å². The number of rotatable bonds is 8. The van der Waals surface area contributed by atoms with Gasteiger partial charge >= 0.3 is 0 Å². The minimum atomic E-state index is -0.524. The number of nitrogens with zero attached hydrogens (tertiary/aromatic N) is 2. The molecule has 9 aromatic carbocycles. The van der Waals surface area contributed by atoms with Gasteiger partial charge in [-0.25, -0.2) is 0 Å². The Balaban J connectivity index is 0.922. The maximum absolute atomic E-state index is 2.38. The summed E-state index contributed by atoms with van der Waals surface area (Å²) in [6.07, 6.45) is 11.3. The van der Waals surface area contributed by atoms with E-state index in [1.807, 2.05) is 0 Å². The summed E-state index contributed by atoms with van der Waals surface area (Å²) in [6, 6.07) is 79.9. The van der Waals surface area contributed by atoms with Crippen molar-refractivity contribution in [3.63, 3.8) is 0 Å². The second kappa shape index (κ2) is 15.3. The molecule has 0 radical (unpaired) electrons. The smallest absolute Gasteiger partial charge is 0.0713 e. The molecule has 0 spiro atoms. The van der Waals surface area contributed by atoms with Crippen LogP contribution >= 0.6 is 0 Å². The summed E-state index contributed by atoms with van der Waals surface area (Å²) in [5, 5.41) is 5.09. The summed E-state index contributed by atoms with van der Waals surface area (Å²) >= 11 is 0. The standard InChI is InChI=1S/C62H44N2/c1-2-16-46(18-15-17-43-31-39-48(40-32-43)63-58-27-11-5-21-52(58)53-22-6-12-28-59(53)63)62(56-25-9-3-19-50(56)51-20-4-10-26-57(51)62)47-37-33-44(34-38-47)45-35-41-49(42-36-45)64-60-29-13-7-23-54(60)55-24-8-14-30-61(55)64/h2-42H,1H3/b16-2-,17-15+,46-18+. The van der Waals surface area contributed by atoms with E-state index in [9.17, 15) is 0 Å². The molecule has 0 aliphatic heterocycles. The third-order valence-electron chi connectivity index (χ3n) is 13.4. The Morgan fingerprint density at radius 3 is 1.25 bits per heavy atom. The van der Waals surface area contributed by atoms with E-state index in [4.69, 9.17) is 0 Å². The van der Waals surface area contributed by atoms with Gasteiger partial charge in [0.25, 0.3) is 0 Å². The molecule has 0 fully saturated rings. The molecule has 0 amide bonds. The Hall–Kier alpha value is -8.20. The van der Waals surface area contributed by atoms with E-state index in [-0.39, 0.29) is 0 Å². The van der Waals surface area contributed by atoms with Crippen molar-refractivity contribution in [1.82, 2.24) is 9.13 Å². The predicted molar refractivity (Wildman–Crippen MR) is 271 cm³/mol. The van der Waals surface area contributed by atoms with Crippen LogP contribution in [0.25, 0.3) is 83.3 Å². The quantitative estimate of drug-likeness (QED) is 0.135. The molecule has 0 saturated carbocycles. The summed E-state index contributed by atoms with van der Waals surface area (Å²) in [5.41, 5.74) is 17.8. The number of hydrogen-bond acceptors (Lipinski definition) is 0. The number of fused-ring (bicyclic) bond motifs is 9. The zero-order valence-corrected chi connectivity index (χ0v) is 35.6. The fraction of sp³-hybridized carbons (Fsp3) is 0.0323. The zero-order valence-electron chi connectivity index (χ0n) is 35.6. The van der Waals surface area contributed by atoms with Gasteiger partial charge in [0.05, 0.1) is 27.5 Å². The van der Waals surface area contributed by atoms with E-state index in [1.54, 1.807) is 0 Å². The molecular formula is C62H44N2. The molecule has 11 aromatic rings. The van der Waals surface area contributed by atoms with E-state index < -0.39 is 5.41 Å². The molecule has 64 heavy (non-hydrogen) atoms. The fourth-order valence-electron chi connectivity index (χ4n) is 10.6. The summed E-state index contributed by atoms with van der Waals surface area (Å²) in [4.78, 5) is 0. The monoisotopic (exact) mass is 816 g/mol. The van der Waals surface area contributed by atoms with Crippen molar-refractivity contribution in [3.8, 4) is 33.6 Å². The van der Waals surface area contributed by atoms with E-state index in [0.717, 1.165) is 16.9 Å². The highest BCUT2D eigenvalue weighted by molar-refractivity contribution is 6.10. The normalized spacial score (nSPS) is 13.5. The van der Waals surface area contributed by atoms with E-state index in [1.165, 1.54) is 88.1 Å². The van der Waals surface area contributed by atoms with E-state index >= 15 is 0 Å². The minimum absolute atomic E-state index is 0.524. The maximum atomic E-state index is 2.38. The number of aromatic nitrogens is 2. The molecule has 12 rings (SSSR count). The van der Waals surface area contributed by atoms with Gasteiger partial charge in [0.15, 0.2) is 0 Å². The van der Waals surface area contributed by atoms with Crippen LogP contribution < -0.4 is 0 Å². The van der Waals surface area contributed by atoms with Crippen LogP contribution in [0.1, 0.15) is 29.2 Å². The first-order chi connectivity index (χ1) is 31.7. The van der Waals surface area contributed by atoms with Crippen molar-refractivity contribution in [3.05, 3.63) is 271 Å². The third-order valence-corrected chi connectivity index (χ3v) is 13.4. The largest absolute Gasteiger partial charge is 0.309 e. The molecule has 2 nitrogen and oxygen atoms in total.